The van der Waals surface area contributed by atoms with Crippen LogP contribution in [0.4, 0.5) is 5.82 Å². The standard InChI is InChI=1S/C15H22N4S/c1-15(2)6-3-7-19(15)13-12(10-16-11-4-5-11)18-8-9-20-14(18)17-13/h8-9,11,16H,3-7,10H2,1-2H3. The fraction of sp³-hybridized carbons (Fsp3) is 0.667. The summed E-state index contributed by atoms with van der Waals surface area (Å²) in [7, 11) is 0. The van der Waals surface area contributed by atoms with Crippen LogP contribution in [0.15, 0.2) is 11.6 Å². The molecule has 1 aliphatic heterocycles. The van der Waals surface area contributed by atoms with E-state index in [0.29, 0.717) is 0 Å². The molecule has 1 N–H and O–H groups in total. The maximum absolute atomic E-state index is 4.92. The van der Waals surface area contributed by atoms with Gasteiger partial charge in [0.1, 0.15) is 0 Å². The average molecular weight is 290 g/mol. The van der Waals surface area contributed by atoms with E-state index < -0.39 is 0 Å². The van der Waals surface area contributed by atoms with Gasteiger partial charge in [-0.05, 0) is 39.5 Å². The molecule has 3 heterocycles. The highest BCUT2D eigenvalue weighted by Crippen LogP contribution is 2.36. The van der Waals surface area contributed by atoms with Crippen LogP contribution in [0.5, 0.6) is 0 Å². The van der Waals surface area contributed by atoms with E-state index in [2.05, 4.69) is 40.0 Å². The Kier molecular flexibility index (Phi) is 2.82. The van der Waals surface area contributed by atoms with Crippen molar-refractivity contribution in [3.63, 3.8) is 0 Å². The Bertz CT molecular complexity index is 623. The first-order valence-corrected chi connectivity index (χ1v) is 8.48. The predicted molar refractivity (Wildman–Crippen MR) is 83.6 cm³/mol. The van der Waals surface area contributed by atoms with E-state index in [0.717, 1.165) is 24.1 Å². The summed E-state index contributed by atoms with van der Waals surface area (Å²) >= 11 is 1.73. The molecule has 20 heavy (non-hydrogen) atoms. The van der Waals surface area contributed by atoms with E-state index in [-0.39, 0.29) is 5.54 Å². The van der Waals surface area contributed by atoms with E-state index in [1.165, 1.54) is 37.2 Å². The van der Waals surface area contributed by atoms with E-state index in [1.54, 1.807) is 11.3 Å². The number of imidazole rings is 1. The molecule has 4 nitrogen and oxygen atoms in total. The number of hydrogen-bond donors (Lipinski definition) is 1. The molecule has 108 valence electrons. The maximum atomic E-state index is 4.92. The number of fused-ring (bicyclic) bond motifs is 1. The molecule has 0 aromatic carbocycles. The van der Waals surface area contributed by atoms with Gasteiger partial charge in [-0.1, -0.05) is 0 Å². The van der Waals surface area contributed by atoms with Crippen molar-refractivity contribution in [2.75, 3.05) is 11.4 Å². The van der Waals surface area contributed by atoms with Gasteiger partial charge in [0.05, 0.1) is 5.69 Å². The number of nitrogens with zero attached hydrogens (tertiary/aromatic N) is 3. The first kappa shape index (κ1) is 12.7. The van der Waals surface area contributed by atoms with E-state index in [1.807, 2.05) is 0 Å². The number of aromatic nitrogens is 2. The van der Waals surface area contributed by atoms with Crippen LogP contribution in [0.1, 0.15) is 45.2 Å². The summed E-state index contributed by atoms with van der Waals surface area (Å²) in [5.41, 5.74) is 1.57. The first-order valence-electron chi connectivity index (χ1n) is 7.61. The quantitative estimate of drug-likeness (QED) is 0.939. The number of nitrogens with one attached hydrogen (secondary N) is 1. The van der Waals surface area contributed by atoms with Gasteiger partial charge in [0.2, 0.25) is 0 Å². The number of anilines is 1. The molecule has 0 spiro atoms. The Balaban J connectivity index is 1.72. The van der Waals surface area contributed by atoms with Gasteiger partial charge in [-0.2, -0.15) is 0 Å². The molecule has 5 heteroatoms. The molecule has 2 fully saturated rings. The highest BCUT2D eigenvalue weighted by molar-refractivity contribution is 7.15. The molecular weight excluding hydrogens is 268 g/mol. The highest BCUT2D eigenvalue weighted by atomic mass is 32.1. The topological polar surface area (TPSA) is 32.6 Å². The predicted octanol–water partition coefficient (Wildman–Crippen LogP) is 3.03. The summed E-state index contributed by atoms with van der Waals surface area (Å²) in [5, 5.41) is 5.78. The van der Waals surface area contributed by atoms with Crippen molar-refractivity contribution in [3.8, 4) is 0 Å². The Morgan fingerprint density at radius 1 is 1.45 bits per heavy atom. The zero-order valence-corrected chi connectivity index (χ0v) is 13.0. The van der Waals surface area contributed by atoms with Gasteiger partial charge >= 0.3 is 0 Å². The monoisotopic (exact) mass is 290 g/mol. The Morgan fingerprint density at radius 3 is 3.00 bits per heavy atom. The molecule has 1 aliphatic carbocycles. The molecule has 0 atom stereocenters. The first-order chi connectivity index (χ1) is 9.65. The second-order valence-electron chi connectivity index (χ2n) is 6.66. The van der Waals surface area contributed by atoms with Crippen LogP contribution >= 0.6 is 11.3 Å². The normalized spacial score (nSPS) is 22.0. The lowest BCUT2D eigenvalue weighted by molar-refractivity contribution is 0.512. The lowest BCUT2D eigenvalue weighted by atomic mass is 10.0. The van der Waals surface area contributed by atoms with E-state index >= 15 is 0 Å². The van der Waals surface area contributed by atoms with Gasteiger partial charge < -0.3 is 10.2 Å². The van der Waals surface area contributed by atoms with Gasteiger partial charge in [-0.15, -0.1) is 11.3 Å². The summed E-state index contributed by atoms with van der Waals surface area (Å²) in [6.45, 7) is 6.75. The second kappa shape index (κ2) is 4.46. The summed E-state index contributed by atoms with van der Waals surface area (Å²) < 4.78 is 2.27. The summed E-state index contributed by atoms with van der Waals surface area (Å²) in [6, 6.07) is 0.735. The minimum atomic E-state index is 0.234. The third kappa shape index (κ3) is 2.04. The van der Waals surface area contributed by atoms with Crippen LogP contribution in [0.3, 0.4) is 0 Å². The summed E-state index contributed by atoms with van der Waals surface area (Å²) in [6.07, 6.45) is 7.34. The zero-order valence-electron chi connectivity index (χ0n) is 12.2. The van der Waals surface area contributed by atoms with E-state index in [4.69, 9.17) is 4.98 Å². The molecule has 0 unspecified atom stereocenters. The SMILES string of the molecule is CC1(C)CCCN1c1nc2sccn2c1CNC1CC1. The highest BCUT2D eigenvalue weighted by Gasteiger charge is 2.35. The van der Waals surface area contributed by atoms with E-state index in [9.17, 15) is 0 Å². The van der Waals surface area contributed by atoms with Crippen molar-refractivity contribution in [3.05, 3.63) is 17.3 Å². The molecule has 0 bridgehead atoms. The lowest BCUT2D eigenvalue weighted by Crippen LogP contribution is -2.39. The molecule has 0 radical (unpaired) electrons. The minimum Gasteiger partial charge on any atom is -0.350 e. The van der Waals surface area contributed by atoms with Gasteiger partial charge in [0.25, 0.3) is 0 Å². The molecule has 0 amide bonds. The van der Waals surface area contributed by atoms with Crippen LogP contribution in [-0.4, -0.2) is 27.5 Å². The number of thiazole rings is 1. The van der Waals surface area contributed by atoms with Crippen LogP contribution in [0.25, 0.3) is 4.96 Å². The lowest BCUT2D eigenvalue weighted by Gasteiger charge is -2.32. The van der Waals surface area contributed by atoms with Crippen LogP contribution in [-0.2, 0) is 6.54 Å². The molecule has 2 aromatic heterocycles. The van der Waals surface area contributed by atoms with Crippen LogP contribution in [0.2, 0.25) is 0 Å². The summed E-state index contributed by atoms with van der Waals surface area (Å²) in [4.78, 5) is 8.55. The minimum absolute atomic E-state index is 0.234. The Hall–Kier alpha value is -1.07. The fourth-order valence-corrected chi connectivity index (χ4v) is 3.96. The smallest absolute Gasteiger partial charge is 0.195 e. The van der Waals surface area contributed by atoms with Crippen molar-refractivity contribution in [2.24, 2.45) is 0 Å². The van der Waals surface area contributed by atoms with Gasteiger partial charge in [-0.3, -0.25) is 4.40 Å². The average Bonchev–Trinajstić information content (AvgIpc) is 2.85. The zero-order chi connectivity index (χ0) is 13.7. The van der Waals surface area contributed by atoms with Crippen molar-refractivity contribution < 1.29 is 0 Å². The molecular formula is C15H22N4S. The molecule has 2 aromatic rings. The van der Waals surface area contributed by atoms with Crippen LogP contribution in [0, 0.1) is 0 Å². The number of hydrogen-bond acceptors (Lipinski definition) is 4. The molecule has 4 rings (SSSR count). The third-order valence-electron chi connectivity index (χ3n) is 4.63. The van der Waals surface area contributed by atoms with Crippen molar-refractivity contribution >= 4 is 22.1 Å². The van der Waals surface area contributed by atoms with Gasteiger partial charge in [0.15, 0.2) is 10.8 Å². The Labute approximate surface area is 123 Å². The summed E-state index contributed by atoms with van der Waals surface area (Å²) in [5.74, 6) is 1.20. The molecule has 1 saturated carbocycles. The largest absolute Gasteiger partial charge is 0.350 e. The van der Waals surface area contributed by atoms with Crippen molar-refractivity contribution in [1.82, 2.24) is 14.7 Å². The van der Waals surface area contributed by atoms with Crippen LogP contribution < -0.4 is 10.2 Å². The molecule has 2 aliphatic rings. The number of rotatable bonds is 4. The van der Waals surface area contributed by atoms with Crippen molar-refractivity contribution in [2.45, 2.75) is 57.7 Å². The Morgan fingerprint density at radius 2 is 2.30 bits per heavy atom. The fourth-order valence-electron chi connectivity index (χ4n) is 3.23. The third-order valence-corrected chi connectivity index (χ3v) is 5.39. The molecule has 1 saturated heterocycles. The van der Waals surface area contributed by atoms with Gasteiger partial charge in [0, 0.05) is 36.2 Å². The van der Waals surface area contributed by atoms with Gasteiger partial charge in [-0.25, -0.2) is 4.98 Å². The van der Waals surface area contributed by atoms with Crippen molar-refractivity contribution in [1.29, 1.82) is 0 Å². The second-order valence-corrected chi connectivity index (χ2v) is 7.53. The maximum Gasteiger partial charge on any atom is 0.195 e.